The van der Waals surface area contributed by atoms with Crippen molar-refractivity contribution >= 4 is 34.9 Å². The molecule has 0 nitrogen and oxygen atoms in total. The number of benzene rings is 3. The summed E-state index contributed by atoms with van der Waals surface area (Å²) in [5, 5.41) is 4.63. The Balaban J connectivity index is 2.03. The first kappa shape index (κ1) is 15.9. The van der Waals surface area contributed by atoms with Gasteiger partial charge in [-0.3, -0.25) is 0 Å². The fraction of sp³-hybridized carbons (Fsp3) is 0.182. The summed E-state index contributed by atoms with van der Waals surface area (Å²) in [6.07, 6.45) is 2.67. The van der Waals surface area contributed by atoms with Gasteiger partial charge in [0, 0.05) is 0 Å². The van der Waals surface area contributed by atoms with E-state index in [1.807, 2.05) is 0 Å². The van der Waals surface area contributed by atoms with Crippen LogP contribution in [0.15, 0.2) is 91.0 Å². The van der Waals surface area contributed by atoms with Crippen molar-refractivity contribution in [1.82, 2.24) is 0 Å². The summed E-state index contributed by atoms with van der Waals surface area (Å²) in [6, 6.07) is 33.9. The molecule has 0 radical (unpaired) electrons. The molecule has 24 heavy (non-hydrogen) atoms. The molecular formula is C22H23PS. The molecule has 1 unspecified atom stereocenters. The molecule has 0 spiro atoms. The Hall–Kier alpha value is -1.56. The van der Waals surface area contributed by atoms with Crippen LogP contribution in [-0.4, -0.2) is 10.7 Å². The molecule has 1 aliphatic rings. The predicted molar refractivity (Wildman–Crippen MR) is 112 cm³/mol. The first-order valence-corrected chi connectivity index (χ1v) is 11.8. The van der Waals surface area contributed by atoms with Crippen LogP contribution in [0.1, 0.15) is 12.8 Å². The van der Waals surface area contributed by atoms with Crippen LogP contribution >= 0.6 is 19.0 Å². The molecule has 0 saturated carbocycles. The summed E-state index contributed by atoms with van der Waals surface area (Å²) < 4.78 is 0. The van der Waals surface area contributed by atoms with Gasteiger partial charge in [-0.15, -0.1) is 0 Å². The van der Waals surface area contributed by atoms with E-state index in [1.165, 1.54) is 18.6 Å². The van der Waals surface area contributed by atoms with E-state index in [0.717, 1.165) is 0 Å². The van der Waals surface area contributed by atoms with Gasteiger partial charge in [0.15, 0.2) is 0 Å². The maximum absolute atomic E-state index is 2.37. The molecule has 1 aliphatic heterocycles. The monoisotopic (exact) mass is 350 g/mol. The molecular weight excluding hydrogens is 327 g/mol. The fourth-order valence-electron chi connectivity index (χ4n) is 4.08. The normalized spacial score (nSPS) is 18.4. The van der Waals surface area contributed by atoms with E-state index >= 15 is 0 Å². The van der Waals surface area contributed by atoms with E-state index in [0.29, 0.717) is 4.99 Å². The van der Waals surface area contributed by atoms with Gasteiger partial charge in [-0.25, -0.2) is 0 Å². The van der Waals surface area contributed by atoms with Crippen LogP contribution in [0.25, 0.3) is 0 Å². The molecule has 2 heteroatoms. The van der Waals surface area contributed by atoms with E-state index in [2.05, 4.69) is 103 Å². The number of thioether (sulfide) groups is 1. The van der Waals surface area contributed by atoms with Crippen molar-refractivity contribution in [2.45, 2.75) is 17.8 Å². The predicted octanol–water partition coefficient (Wildman–Crippen LogP) is 4.57. The van der Waals surface area contributed by atoms with E-state index < -0.39 is 7.26 Å². The summed E-state index contributed by atoms with van der Waals surface area (Å²) in [7, 11) is -2.03. The second-order valence-corrected chi connectivity index (χ2v) is 12.2. The Morgan fingerprint density at radius 3 is 1.38 bits per heavy atom. The molecule has 1 heterocycles. The Bertz CT molecular complexity index is 668. The third kappa shape index (κ3) is 2.70. The van der Waals surface area contributed by atoms with Crippen molar-refractivity contribution < 1.29 is 0 Å². The van der Waals surface area contributed by atoms with Crippen molar-refractivity contribution in [2.75, 3.05) is 5.75 Å². The van der Waals surface area contributed by atoms with Crippen LogP contribution in [0.4, 0.5) is 0 Å². The number of hydrogen-bond acceptors (Lipinski definition) is 1. The molecule has 4 rings (SSSR count). The van der Waals surface area contributed by atoms with Crippen LogP contribution in [0.2, 0.25) is 0 Å². The zero-order chi connectivity index (χ0) is 16.2. The molecule has 1 atom stereocenters. The average Bonchev–Trinajstić information content (AvgIpc) is 3.20. The Labute approximate surface area is 149 Å². The molecule has 0 bridgehead atoms. The quantitative estimate of drug-likeness (QED) is 0.621. The standard InChI is InChI=1S/C22H23PS/c1-4-11-19(12-5-1)23(22-17-10-18-24-22,20-13-6-2-7-14-20)21-15-8-3-9-16-21/h1-9,11-16,22-23H,10,17-18H2. The van der Waals surface area contributed by atoms with Crippen molar-refractivity contribution in [3.05, 3.63) is 91.0 Å². The van der Waals surface area contributed by atoms with Gasteiger partial charge in [0.1, 0.15) is 0 Å². The molecule has 0 aliphatic carbocycles. The Kier molecular flexibility index (Phi) is 4.74. The van der Waals surface area contributed by atoms with Crippen LogP contribution < -0.4 is 15.9 Å². The SMILES string of the molecule is c1ccc([PH](c2ccccc2)(c2ccccc2)C2CCCS2)cc1. The number of rotatable bonds is 4. The molecule has 3 aromatic rings. The van der Waals surface area contributed by atoms with Crippen molar-refractivity contribution in [1.29, 1.82) is 0 Å². The topological polar surface area (TPSA) is 0 Å². The van der Waals surface area contributed by atoms with Gasteiger partial charge in [-0.2, -0.15) is 0 Å². The first-order valence-electron chi connectivity index (χ1n) is 8.70. The van der Waals surface area contributed by atoms with Crippen molar-refractivity contribution in [3.63, 3.8) is 0 Å². The van der Waals surface area contributed by atoms with E-state index in [1.54, 1.807) is 15.9 Å². The molecule has 0 N–H and O–H groups in total. The third-order valence-corrected chi connectivity index (χ3v) is 12.8. The minimum absolute atomic E-state index is 0.713. The summed E-state index contributed by atoms with van der Waals surface area (Å²) in [5.41, 5.74) is 0. The van der Waals surface area contributed by atoms with Gasteiger partial charge >= 0.3 is 150 Å². The van der Waals surface area contributed by atoms with Crippen molar-refractivity contribution in [2.24, 2.45) is 0 Å². The first-order chi connectivity index (χ1) is 11.9. The maximum atomic E-state index is 2.37. The van der Waals surface area contributed by atoms with Gasteiger partial charge in [0.25, 0.3) is 0 Å². The second kappa shape index (κ2) is 7.13. The summed E-state index contributed by atoms with van der Waals surface area (Å²) >= 11 is 2.20. The average molecular weight is 350 g/mol. The second-order valence-electron chi connectivity index (χ2n) is 6.41. The number of hydrogen-bond donors (Lipinski definition) is 0. The molecule has 0 amide bonds. The summed E-state index contributed by atoms with van der Waals surface area (Å²) in [6.45, 7) is 0. The zero-order valence-corrected chi connectivity index (χ0v) is 15.6. The van der Waals surface area contributed by atoms with Crippen LogP contribution in [0.3, 0.4) is 0 Å². The molecule has 3 aromatic carbocycles. The minimum atomic E-state index is -2.03. The van der Waals surface area contributed by atoms with E-state index in [9.17, 15) is 0 Å². The summed E-state index contributed by atoms with van der Waals surface area (Å²) in [4.78, 5) is 0.713. The van der Waals surface area contributed by atoms with Crippen LogP contribution in [0, 0.1) is 0 Å². The van der Waals surface area contributed by atoms with Crippen molar-refractivity contribution in [3.8, 4) is 0 Å². The van der Waals surface area contributed by atoms with Crippen LogP contribution in [0.5, 0.6) is 0 Å². The Morgan fingerprint density at radius 2 is 1.04 bits per heavy atom. The van der Waals surface area contributed by atoms with Gasteiger partial charge in [0.05, 0.1) is 0 Å². The van der Waals surface area contributed by atoms with Gasteiger partial charge in [-0.05, 0) is 0 Å². The molecule has 0 aromatic heterocycles. The Morgan fingerprint density at radius 1 is 0.625 bits per heavy atom. The van der Waals surface area contributed by atoms with E-state index in [-0.39, 0.29) is 0 Å². The van der Waals surface area contributed by atoms with Gasteiger partial charge in [-0.1, -0.05) is 0 Å². The van der Waals surface area contributed by atoms with E-state index in [4.69, 9.17) is 0 Å². The summed E-state index contributed by atoms with van der Waals surface area (Å²) in [5.74, 6) is 1.30. The van der Waals surface area contributed by atoms with Crippen LogP contribution in [-0.2, 0) is 0 Å². The molecule has 1 saturated heterocycles. The zero-order valence-electron chi connectivity index (χ0n) is 13.8. The molecule has 122 valence electrons. The third-order valence-electron chi connectivity index (χ3n) is 5.10. The fourth-order valence-corrected chi connectivity index (χ4v) is 12.5. The molecule has 1 fully saturated rings. The van der Waals surface area contributed by atoms with Gasteiger partial charge < -0.3 is 0 Å². The van der Waals surface area contributed by atoms with Gasteiger partial charge in [0.2, 0.25) is 0 Å².